The van der Waals surface area contributed by atoms with Gasteiger partial charge in [-0.2, -0.15) is 0 Å². The second kappa shape index (κ2) is 20.3. The summed E-state index contributed by atoms with van der Waals surface area (Å²) in [6.45, 7) is 16.3. The summed E-state index contributed by atoms with van der Waals surface area (Å²) < 4.78 is 4.99. The molecule has 11 nitrogen and oxygen atoms in total. The van der Waals surface area contributed by atoms with Gasteiger partial charge >= 0.3 is 11.9 Å². The van der Waals surface area contributed by atoms with Gasteiger partial charge in [-0.1, -0.05) is 49.0 Å². The van der Waals surface area contributed by atoms with Gasteiger partial charge in [-0.3, -0.25) is 9.59 Å². The molecule has 0 aliphatic rings. The highest BCUT2D eigenvalue weighted by molar-refractivity contribution is 5.76. The molecular formula is C26H58O11. The Bertz CT molecular complexity index is 610. The van der Waals surface area contributed by atoms with E-state index in [2.05, 4.69) is 0 Å². The molecule has 228 valence electrons. The highest BCUT2D eigenvalue weighted by Crippen LogP contribution is 2.20. The van der Waals surface area contributed by atoms with E-state index in [4.69, 9.17) is 40.5 Å². The van der Waals surface area contributed by atoms with Gasteiger partial charge in [-0.05, 0) is 27.7 Å². The number of rotatable bonds is 11. The third-order valence-corrected chi connectivity index (χ3v) is 4.53. The Hall–Kier alpha value is -1.63. The molecule has 0 rings (SSSR count). The van der Waals surface area contributed by atoms with E-state index in [-0.39, 0.29) is 60.5 Å². The van der Waals surface area contributed by atoms with Gasteiger partial charge in [0.15, 0.2) is 0 Å². The van der Waals surface area contributed by atoms with Crippen LogP contribution in [0.1, 0.15) is 78.1 Å². The lowest BCUT2D eigenvalue weighted by atomic mass is 9.94. The van der Waals surface area contributed by atoms with Crippen molar-refractivity contribution < 1.29 is 56.3 Å². The summed E-state index contributed by atoms with van der Waals surface area (Å²) in [6, 6.07) is 0. The summed E-state index contributed by atoms with van der Waals surface area (Å²) in [6.07, 6.45) is 0.743. The third kappa shape index (κ3) is 25.8. The molecule has 7 N–H and O–H groups in total. The lowest BCUT2D eigenvalue weighted by Crippen LogP contribution is -2.34. The topological polar surface area (TPSA) is 202 Å². The van der Waals surface area contributed by atoms with Crippen LogP contribution in [0.4, 0.5) is 0 Å². The van der Waals surface area contributed by atoms with Gasteiger partial charge in [0.2, 0.25) is 0 Å². The van der Waals surface area contributed by atoms with Crippen molar-refractivity contribution in [2.24, 2.45) is 27.1 Å². The Morgan fingerprint density at radius 2 is 1.00 bits per heavy atom. The summed E-state index contributed by atoms with van der Waals surface area (Å²) >= 11 is 0. The van der Waals surface area contributed by atoms with Crippen LogP contribution in [0.2, 0.25) is 0 Å². The van der Waals surface area contributed by atoms with Crippen LogP contribution in [0.15, 0.2) is 0 Å². The fraction of sp³-hybridized carbons (Fsp3) is 0.885. The molecule has 0 amide bonds. The normalized spacial score (nSPS) is 11.7. The maximum Gasteiger partial charge on any atom is 0.313 e. The maximum absolute atomic E-state index is 11.4. The van der Waals surface area contributed by atoms with Gasteiger partial charge in [0, 0.05) is 17.7 Å². The highest BCUT2D eigenvalue weighted by atomic mass is 16.5. The Balaban J connectivity index is -0.0000000930. The van der Waals surface area contributed by atoms with Crippen LogP contribution in [-0.4, -0.2) is 100 Å². The van der Waals surface area contributed by atoms with Crippen LogP contribution in [0.5, 0.6) is 0 Å². The Labute approximate surface area is 225 Å². The summed E-state index contributed by atoms with van der Waals surface area (Å²) in [5.74, 6) is -1.42. The quantitative estimate of drug-likeness (QED) is 0.147. The average Bonchev–Trinajstić information content (AvgIpc) is 2.83. The van der Waals surface area contributed by atoms with Crippen LogP contribution >= 0.6 is 0 Å². The summed E-state index contributed by atoms with van der Waals surface area (Å²) in [4.78, 5) is 31.4. The molecule has 0 bridgehead atoms. The number of carbonyl (C=O) groups is 3. The van der Waals surface area contributed by atoms with Crippen molar-refractivity contribution in [2.75, 3.05) is 46.2 Å². The lowest BCUT2D eigenvalue weighted by molar-refractivity contribution is -0.160. The first-order chi connectivity index (χ1) is 16.0. The van der Waals surface area contributed by atoms with E-state index in [1.807, 2.05) is 0 Å². The van der Waals surface area contributed by atoms with Crippen molar-refractivity contribution in [2.45, 2.75) is 76.7 Å². The number of hydrogen-bond donors (Lipinski definition) is 7. The molecule has 0 aromatic rings. The fourth-order valence-corrected chi connectivity index (χ4v) is 0.721. The number of aldehydes is 1. The number of ether oxygens (including phenoxy) is 1. The Kier molecular flexibility index (Phi) is 24.9. The first-order valence-electron chi connectivity index (χ1n) is 11.5. The molecule has 0 saturated carbocycles. The SMILES string of the molecule is C.CC(C)(C=O)CO.CC(C)(CO)C(=O)O.CC(C)(CO)CO.CC(C)(CO)COC(=O)C(C)(C)CO.[2HH]. The van der Waals surface area contributed by atoms with Crippen molar-refractivity contribution in [1.29, 1.82) is 0 Å². The van der Waals surface area contributed by atoms with E-state index in [0.717, 1.165) is 6.29 Å². The molecule has 0 atom stereocenters. The summed E-state index contributed by atoms with van der Waals surface area (Å²) in [7, 11) is 0. The molecule has 0 aromatic heterocycles. The molecule has 0 heterocycles. The van der Waals surface area contributed by atoms with Crippen LogP contribution in [0.3, 0.4) is 0 Å². The lowest BCUT2D eigenvalue weighted by Gasteiger charge is -2.25. The third-order valence-electron chi connectivity index (χ3n) is 4.53. The fourth-order valence-electron chi connectivity index (χ4n) is 0.721. The first-order valence-corrected chi connectivity index (χ1v) is 11.5. The number of hydrogen-bond acceptors (Lipinski definition) is 10. The molecule has 0 aromatic carbocycles. The minimum absolute atomic E-state index is 0. The van der Waals surface area contributed by atoms with Gasteiger partial charge in [0.05, 0.1) is 57.1 Å². The molecule has 0 spiro atoms. The minimum atomic E-state index is -0.986. The molecular weight excluding hydrogens is 488 g/mol. The van der Waals surface area contributed by atoms with Gasteiger partial charge in [-0.25, -0.2) is 0 Å². The van der Waals surface area contributed by atoms with Crippen LogP contribution in [0, 0.1) is 27.1 Å². The highest BCUT2D eigenvalue weighted by Gasteiger charge is 2.30. The number of aliphatic hydroxyl groups excluding tert-OH is 6. The van der Waals surface area contributed by atoms with Gasteiger partial charge in [0.25, 0.3) is 0 Å². The Morgan fingerprint density at radius 1 is 0.649 bits per heavy atom. The standard InChI is InChI=1S/C10H20O4.C5H10O3.C5H12O2.C5H10O2.CH4.H2/c1-9(2,5-11)7-14-8(13)10(3,4)6-12;1-5(2,3-6)4(7)8;2*1-5(2,3-6)4-7;;/h11-12H,5-7H2,1-4H3;6H,3H2,1-2H3,(H,7,8);6-7H,3-4H2,1-2H3;3,7H,4H2,1-2H3;1H4;1H/i;;;;;1+1. The van der Waals surface area contributed by atoms with Crippen LogP contribution < -0.4 is 0 Å². The van der Waals surface area contributed by atoms with E-state index in [1.54, 1.807) is 55.4 Å². The zero-order valence-corrected chi connectivity index (χ0v) is 23.8. The summed E-state index contributed by atoms with van der Waals surface area (Å²) in [5.41, 5.74) is -3.13. The first kappa shape index (κ1) is 45.3. The molecule has 0 aliphatic carbocycles. The molecule has 0 aliphatic heterocycles. The number of aliphatic carboxylic acids is 1. The van der Waals surface area contributed by atoms with Gasteiger partial charge in [-0.15, -0.1) is 0 Å². The van der Waals surface area contributed by atoms with Crippen LogP contribution in [-0.2, 0) is 19.1 Å². The number of carboxylic acid groups (broad SMARTS) is 1. The summed E-state index contributed by atoms with van der Waals surface area (Å²) in [5, 5.41) is 59.7. The second-order valence-corrected chi connectivity index (χ2v) is 12.0. The van der Waals surface area contributed by atoms with Crippen molar-refractivity contribution in [3.05, 3.63) is 0 Å². The molecule has 0 radical (unpaired) electrons. The molecule has 37 heavy (non-hydrogen) atoms. The van der Waals surface area contributed by atoms with E-state index in [0.29, 0.717) is 0 Å². The molecule has 0 unspecified atom stereocenters. The zero-order chi connectivity index (χ0) is 30.0. The second-order valence-electron chi connectivity index (χ2n) is 12.0. The van der Waals surface area contributed by atoms with E-state index in [9.17, 15) is 14.4 Å². The van der Waals surface area contributed by atoms with Crippen molar-refractivity contribution >= 4 is 18.2 Å². The zero-order valence-electron chi connectivity index (χ0n) is 23.8. The van der Waals surface area contributed by atoms with Gasteiger partial charge < -0.3 is 45.3 Å². The number of carboxylic acids is 1. The Morgan fingerprint density at radius 3 is 1.14 bits per heavy atom. The molecule has 0 fully saturated rings. The smallest absolute Gasteiger partial charge is 0.313 e. The molecule has 0 saturated heterocycles. The molecule has 11 heteroatoms. The monoisotopic (exact) mass is 547 g/mol. The van der Waals surface area contributed by atoms with Crippen molar-refractivity contribution in [3.8, 4) is 0 Å². The number of aliphatic hydroxyl groups is 6. The van der Waals surface area contributed by atoms with Crippen molar-refractivity contribution in [1.82, 2.24) is 0 Å². The predicted octanol–water partition coefficient (Wildman–Crippen LogP) is 1.74. The largest absolute Gasteiger partial charge is 0.481 e. The maximum atomic E-state index is 11.4. The minimum Gasteiger partial charge on any atom is -0.481 e. The predicted molar refractivity (Wildman–Crippen MR) is 145 cm³/mol. The number of carbonyl (C=O) groups excluding carboxylic acids is 2. The average molecular weight is 548 g/mol. The number of esters is 1. The van der Waals surface area contributed by atoms with Crippen molar-refractivity contribution in [3.63, 3.8) is 0 Å². The van der Waals surface area contributed by atoms with E-state index >= 15 is 0 Å². The van der Waals surface area contributed by atoms with Crippen LogP contribution in [0.25, 0.3) is 0 Å². The van der Waals surface area contributed by atoms with E-state index < -0.39 is 33.6 Å². The van der Waals surface area contributed by atoms with Gasteiger partial charge in [0.1, 0.15) is 6.29 Å². The van der Waals surface area contributed by atoms with E-state index in [1.165, 1.54) is 13.8 Å².